The Morgan fingerprint density at radius 2 is 2.12 bits per heavy atom. The van der Waals surface area contributed by atoms with Crippen LogP contribution in [0.1, 0.15) is 37.3 Å². The van der Waals surface area contributed by atoms with E-state index in [4.69, 9.17) is 9.84 Å². The Hall–Kier alpha value is -1.35. The SMILES string of the molecule is CCCN(Cc1ccc(C2(NCC(=O)O)CCOCC2)cc1F)S(C)=O. The number of rotatable bonds is 9. The zero-order valence-corrected chi connectivity index (χ0v) is 16.1. The lowest BCUT2D eigenvalue weighted by atomic mass is 9.82. The topological polar surface area (TPSA) is 78.9 Å². The first-order valence-electron chi connectivity index (χ1n) is 8.80. The molecular weight excluding hydrogens is 359 g/mol. The van der Waals surface area contributed by atoms with Crippen molar-refractivity contribution in [3.63, 3.8) is 0 Å². The van der Waals surface area contributed by atoms with Crippen LogP contribution in [0, 0.1) is 5.82 Å². The van der Waals surface area contributed by atoms with Crippen LogP contribution >= 0.6 is 0 Å². The molecule has 1 unspecified atom stereocenters. The van der Waals surface area contributed by atoms with E-state index in [1.807, 2.05) is 13.0 Å². The molecule has 1 saturated heterocycles. The van der Waals surface area contributed by atoms with Gasteiger partial charge in [0.25, 0.3) is 0 Å². The lowest BCUT2D eigenvalue weighted by Crippen LogP contribution is -2.48. The molecule has 0 aliphatic carbocycles. The molecule has 0 aromatic heterocycles. The van der Waals surface area contributed by atoms with Gasteiger partial charge in [-0.05, 0) is 30.9 Å². The monoisotopic (exact) mass is 386 g/mol. The van der Waals surface area contributed by atoms with Crippen LogP contribution in [-0.2, 0) is 32.6 Å². The van der Waals surface area contributed by atoms with Crippen molar-refractivity contribution in [1.82, 2.24) is 9.62 Å². The van der Waals surface area contributed by atoms with Crippen molar-refractivity contribution in [3.05, 3.63) is 35.1 Å². The van der Waals surface area contributed by atoms with E-state index in [9.17, 15) is 13.4 Å². The number of nitrogens with zero attached hydrogens (tertiary/aromatic N) is 1. The van der Waals surface area contributed by atoms with E-state index in [0.29, 0.717) is 38.2 Å². The Labute approximate surface area is 156 Å². The standard InChI is InChI=1S/C18H27FN2O4S/c1-3-8-21(26(2)24)13-14-4-5-15(11-16(14)19)18(20-12-17(22)23)6-9-25-10-7-18/h4-5,11,20H,3,6-10,12-13H2,1-2H3,(H,22,23). The molecule has 146 valence electrons. The van der Waals surface area contributed by atoms with E-state index in [1.165, 1.54) is 6.07 Å². The Morgan fingerprint density at radius 1 is 1.42 bits per heavy atom. The maximum absolute atomic E-state index is 14.7. The van der Waals surface area contributed by atoms with E-state index in [0.717, 1.165) is 12.0 Å². The molecule has 0 bridgehead atoms. The van der Waals surface area contributed by atoms with Crippen LogP contribution in [0.2, 0.25) is 0 Å². The van der Waals surface area contributed by atoms with Crippen molar-refractivity contribution in [3.8, 4) is 0 Å². The van der Waals surface area contributed by atoms with Crippen LogP contribution < -0.4 is 5.32 Å². The molecule has 1 atom stereocenters. The van der Waals surface area contributed by atoms with Gasteiger partial charge in [0, 0.05) is 43.7 Å². The molecule has 8 heteroatoms. The second-order valence-electron chi connectivity index (χ2n) is 6.54. The van der Waals surface area contributed by atoms with Gasteiger partial charge in [-0.1, -0.05) is 19.1 Å². The zero-order chi connectivity index (χ0) is 19.2. The zero-order valence-electron chi connectivity index (χ0n) is 15.3. The fraction of sp³-hybridized carbons (Fsp3) is 0.611. The highest BCUT2D eigenvalue weighted by Crippen LogP contribution is 2.33. The van der Waals surface area contributed by atoms with Gasteiger partial charge in [-0.15, -0.1) is 0 Å². The molecule has 1 fully saturated rings. The van der Waals surface area contributed by atoms with E-state index in [2.05, 4.69) is 5.32 Å². The molecule has 1 aromatic carbocycles. The van der Waals surface area contributed by atoms with Crippen LogP contribution in [0.3, 0.4) is 0 Å². The number of benzene rings is 1. The molecule has 2 rings (SSSR count). The number of halogens is 1. The fourth-order valence-corrected chi connectivity index (χ4v) is 4.00. The number of carboxylic acids is 1. The van der Waals surface area contributed by atoms with Crippen molar-refractivity contribution in [2.24, 2.45) is 0 Å². The summed E-state index contributed by atoms with van der Waals surface area (Å²) >= 11 is 0. The third kappa shape index (κ3) is 5.33. The molecular formula is C18H27FN2O4S. The van der Waals surface area contributed by atoms with Crippen LogP contribution in [0.5, 0.6) is 0 Å². The van der Waals surface area contributed by atoms with Gasteiger partial charge in [0.15, 0.2) is 0 Å². The minimum atomic E-state index is -1.17. The molecule has 0 amide bonds. The van der Waals surface area contributed by atoms with Gasteiger partial charge in [0.05, 0.1) is 17.5 Å². The van der Waals surface area contributed by atoms with Gasteiger partial charge < -0.3 is 9.84 Å². The predicted octanol–water partition coefficient (Wildman–Crippen LogP) is 2.01. The van der Waals surface area contributed by atoms with Crippen LogP contribution in [0.15, 0.2) is 18.2 Å². The van der Waals surface area contributed by atoms with Gasteiger partial charge in [-0.25, -0.2) is 12.9 Å². The van der Waals surface area contributed by atoms with Crippen molar-refractivity contribution in [2.45, 2.75) is 38.3 Å². The van der Waals surface area contributed by atoms with E-state index < -0.39 is 22.5 Å². The summed E-state index contributed by atoms with van der Waals surface area (Å²) in [6.45, 7) is 3.70. The van der Waals surface area contributed by atoms with Crippen LogP contribution in [-0.4, -0.2) is 52.1 Å². The Kier molecular flexibility index (Phi) is 7.69. The van der Waals surface area contributed by atoms with Crippen molar-refractivity contribution >= 4 is 17.0 Å². The van der Waals surface area contributed by atoms with Gasteiger partial charge in [0.1, 0.15) is 5.82 Å². The fourth-order valence-electron chi connectivity index (χ4n) is 3.24. The first-order valence-corrected chi connectivity index (χ1v) is 10.3. The molecule has 1 heterocycles. The lowest BCUT2D eigenvalue weighted by Gasteiger charge is -2.38. The average Bonchev–Trinajstić information content (AvgIpc) is 2.61. The quantitative estimate of drug-likeness (QED) is 0.679. The minimum Gasteiger partial charge on any atom is -0.480 e. The van der Waals surface area contributed by atoms with Gasteiger partial charge in [-0.3, -0.25) is 10.1 Å². The number of nitrogens with one attached hydrogen (secondary N) is 1. The molecule has 2 N–H and O–H groups in total. The highest BCUT2D eigenvalue weighted by Gasteiger charge is 2.35. The molecule has 1 aliphatic heterocycles. The molecule has 26 heavy (non-hydrogen) atoms. The van der Waals surface area contributed by atoms with Gasteiger partial charge >= 0.3 is 5.97 Å². The maximum atomic E-state index is 14.7. The van der Waals surface area contributed by atoms with Gasteiger partial charge in [-0.2, -0.15) is 0 Å². The third-order valence-electron chi connectivity index (χ3n) is 4.71. The van der Waals surface area contributed by atoms with Crippen molar-refractivity contribution in [2.75, 3.05) is 32.6 Å². The molecule has 1 aliphatic rings. The minimum absolute atomic E-state index is 0.192. The van der Waals surface area contributed by atoms with Crippen LogP contribution in [0.25, 0.3) is 0 Å². The maximum Gasteiger partial charge on any atom is 0.317 e. The second-order valence-corrected chi connectivity index (χ2v) is 7.90. The molecule has 0 radical (unpaired) electrons. The predicted molar refractivity (Wildman–Crippen MR) is 98.5 cm³/mol. The number of carboxylic acid groups (broad SMARTS) is 1. The summed E-state index contributed by atoms with van der Waals surface area (Å²) in [5.41, 5.74) is 0.605. The highest BCUT2D eigenvalue weighted by molar-refractivity contribution is 7.81. The summed E-state index contributed by atoms with van der Waals surface area (Å²) in [6.07, 6.45) is 3.59. The Bertz CT molecular complexity index is 650. The number of ether oxygens (including phenoxy) is 1. The Balaban J connectivity index is 2.24. The summed E-state index contributed by atoms with van der Waals surface area (Å²) in [5, 5.41) is 12.1. The number of hydrogen-bond acceptors (Lipinski definition) is 4. The first-order chi connectivity index (χ1) is 12.4. The van der Waals surface area contributed by atoms with E-state index >= 15 is 0 Å². The molecule has 0 saturated carbocycles. The summed E-state index contributed by atoms with van der Waals surface area (Å²) in [6, 6.07) is 5.01. The third-order valence-corrected chi connectivity index (χ3v) is 5.75. The smallest absolute Gasteiger partial charge is 0.317 e. The number of hydrogen-bond donors (Lipinski definition) is 2. The Morgan fingerprint density at radius 3 is 2.65 bits per heavy atom. The van der Waals surface area contributed by atoms with Gasteiger partial charge in [0.2, 0.25) is 0 Å². The highest BCUT2D eigenvalue weighted by atomic mass is 32.2. The number of aliphatic carboxylic acids is 1. The van der Waals surface area contributed by atoms with Crippen molar-refractivity contribution < 1.29 is 23.2 Å². The second kappa shape index (κ2) is 9.55. The normalized spacial score (nSPS) is 18.0. The van der Waals surface area contributed by atoms with E-state index in [-0.39, 0.29) is 18.9 Å². The lowest BCUT2D eigenvalue weighted by molar-refractivity contribution is -0.136. The molecule has 6 nitrogen and oxygen atoms in total. The summed E-state index contributed by atoms with van der Waals surface area (Å²) < 4.78 is 33.7. The molecule has 0 spiro atoms. The summed E-state index contributed by atoms with van der Waals surface area (Å²) in [5.74, 6) is -1.31. The van der Waals surface area contributed by atoms with E-state index in [1.54, 1.807) is 16.6 Å². The first kappa shape index (κ1) is 21.0. The van der Waals surface area contributed by atoms with Crippen molar-refractivity contribution in [1.29, 1.82) is 0 Å². The summed E-state index contributed by atoms with van der Waals surface area (Å²) in [4.78, 5) is 11.0. The summed E-state index contributed by atoms with van der Waals surface area (Å²) in [7, 11) is -1.17. The largest absolute Gasteiger partial charge is 0.480 e. The van der Waals surface area contributed by atoms with Crippen LogP contribution in [0.4, 0.5) is 4.39 Å². The number of carbonyl (C=O) groups is 1. The average molecular weight is 386 g/mol. The molecule has 1 aromatic rings.